The third-order valence-electron chi connectivity index (χ3n) is 3.22. The van der Waals surface area contributed by atoms with Gasteiger partial charge in [0.15, 0.2) is 5.82 Å². The molecule has 0 aliphatic heterocycles. The molecule has 2 aromatic heterocycles. The van der Waals surface area contributed by atoms with Crippen LogP contribution in [0.1, 0.15) is 18.4 Å². The summed E-state index contributed by atoms with van der Waals surface area (Å²) >= 11 is 6.08. The van der Waals surface area contributed by atoms with E-state index in [9.17, 15) is 0 Å². The summed E-state index contributed by atoms with van der Waals surface area (Å²) < 4.78 is 7.17. The maximum absolute atomic E-state index is 9.04. The molecule has 0 atom stereocenters. The Balaban J connectivity index is 1.95. The highest BCUT2D eigenvalue weighted by Crippen LogP contribution is 2.28. The van der Waals surface area contributed by atoms with Gasteiger partial charge < -0.3 is 9.84 Å². The van der Waals surface area contributed by atoms with Crippen molar-refractivity contribution in [2.75, 3.05) is 6.61 Å². The minimum absolute atomic E-state index is 0.199. The van der Waals surface area contributed by atoms with Crippen LogP contribution in [0.15, 0.2) is 36.8 Å². The second-order valence-electron chi connectivity index (χ2n) is 4.97. The van der Waals surface area contributed by atoms with Gasteiger partial charge in [0.1, 0.15) is 18.6 Å². The lowest BCUT2D eigenvalue weighted by molar-refractivity contribution is 0.270. The number of aliphatic hydroxyl groups is 1. The van der Waals surface area contributed by atoms with Gasteiger partial charge in [-0.05, 0) is 19.1 Å². The fourth-order valence-corrected chi connectivity index (χ4v) is 2.39. The fourth-order valence-electron chi connectivity index (χ4n) is 2.20. The van der Waals surface area contributed by atoms with E-state index in [-0.39, 0.29) is 6.61 Å². The zero-order valence-corrected chi connectivity index (χ0v) is 13.8. The van der Waals surface area contributed by atoms with E-state index in [4.69, 9.17) is 21.4 Å². The Bertz CT molecular complexity index is 837. The van der Waals surface area contributed by atoms with Gasteiger partial charge in [-0.2, -0.15) is 5.10 Å². The van der Waals surface area contributed by atoms with Gasteiger partial charge in [0.2, 0.25) is 5.88 Å². The second kappa shape index (κ2) is 7.37. The van der Waals surface area contributed by atoms with Crippen LogP contribution in [0.4, 0.5) is 0 Å². The van der Waals surface area contributed by atoms with E-state index in [2.05, 4.69) is 20.1 Å². The van der Waals surface area contributed by atoms with Gasteiger partial charge in [-0.3, -0.25) is 0 Å². The van der Waals surface area contributed by atoms with Gasteiger partial charge in [0.25, 0.3) is 0 Å². The molecule has 0 saturated heterocycles. The number of aliphatic hydroxyl groups excluding tert-OH is 1. The van der Waals surface area contributed by atoms with Crippen LogP contribution < -0.4 is 4.74 Å². The first kappa shape index (κ1) is 16.4. The quantitative estimate of drug-likeness (QED) is 0.738. The molecule has 0 unspecified atom stereocenters. The van der Waals surface area contributed by atoms with Crippen molar-refractivity contribution in [2.24, 2.45) is 0 Å². The lowest BCUT2D eigenvalue weighted by Crippen LogP contribution is -2.07. The van der Waals surface area contributed by atoms with E-state index in [0.717, 1.165) is 5.56 Å². The fraction of sp³-hybridized carbons (Fsp3) is 0.250. The summed E-state index contributed by atoms with van der Waals surface area (Å²) in [5.41, 5.74) is 2.15. The van der Waals surface area contributed by atoms with Crippen LogP contribution in [-0.4, -0.2) is 36.4 Å². The van der Waals surface area contributed by atoms with Crippen molar-refractivity contribution in [1.82, 2.24) is 24.7 Å². The molecule has 1 N–H and O–H groups in total. The van der Waals surface area contributed by atoms with Gasteiger partial charge in [-0.25, -0.2) is 19.6 Å². The Morgan fingerprint density at radius 2 is 2.17 bits per heavy atom. The maximum atomic E-state index is 9.04. The van der Waals surface area contributed by atoms with Gasteiger partial charge in [0, 0.05) is 10.6 Å². The van der Waals surface area contributed by atoms with E-state index < -0.39 is 0 Å². The number of halogens is 1. The largest absolute Gasteiger partial charge is 0.476 e. The molecule has 0 aliphatic rings. The van der Waals surface area contributed by atoms with Crippen LogP contribution in [0.2, 0.25) is 5.02 Å². The maximum Gasteiger partial charge on any atom is 0.240 e. The van der Waals surface area contributed by atoms with Crippen LogP contribution in [0.3, 0.4) is 0 Å². The highest BCUT2D eigenvalue weighted by Gasteiger charge is 2.12. The first-order chi connectivity index (χ1) is 11.7. The summed E-state index contributed by atoms with van der Waals surface area (Å²) in [7, 11) is 0. The molecule has 124 valence electrons. The van der Waals surface area contributed by atoms with E-state index in [1.54, 1.807) is 23.3 Å². The Labute approximate surface area is 143 Å². The van der Waals surface area contributed by atoms with Crippen molar-refractivity contribution in [3.05, 3.63) is 53.3 Å². The molecule has 0 amide bonds. The van der Waals surface area contributed by atoms with Crippen molar-refractivity contribution < 1.29 is 9.84 Å². The molecular formula is C16H16ClN5O2. The van der Waals surface area contributed by atoms with Crippen LogP contribution in [0, 0.1) is 0 Å². The summed E-state index contributed by atoms with van der Waals surface area (Å²) in [6.07, 6.45) is 3.18. The first-order valence-electron chi connectivity index (χ1n) is 7.43. The number of nitrogens with zero attached hydrogens (tertiary/aromatic N) is 5. The second-order valence-corrected chi connectivity index (χ2v) is 5.41. The minimum atomic E-state index is -0.199. The Morgan fingerprint density at radius 3 is 2.88 bits per heavy atom. The molecule has 0 aliphatic carbocycles. The van der Waals surface area contributed by atoms with Crippen molar-refractivity contribution in [3.8, 4) is 17.1 Å². The molecule has 0 radical (unpaired) electrons. The minimum Gasteiger partial charge on any atom is -0.476 e. The van der Waals surface area contributed by atoms with Gasteiger partial charge in [0.05, 0.1) is 25.0 Å². The lowest BCUT2D eigenvalue weighted by atomic mass is 10.1. The summed E-state index contributed by atoms with van der Waals surface area (Å²) in [6, 6.07) is 7.37. The number of ether oxygens (including phenoxy) is 1. The molecule has 0 spiro atoms. The Hall–Kier alpha value is -2.51. The number of hydrogen-bond acceptors (Lipinski definition) is 6. The van der Waals surface area contributed by atoms with E-state index in [1.807, 2.05) is 25.1 Å². The van der Waals surface area contributed by atoms with Crippen LogP contribution in [-0.2, 0) is 13.2 Å². The van der Waals surface area contributed by atoms with Gasteiger partial charge in [-0.15, -0.1) is 0 Å². The summed E-state index contributed by atoms with van der Waals surface area (Å²) in [5, 5.41) is 13.8. The van der Waals surface area contributed by atoms with Gasteiger partial charge in [-0.1, -0.05) is 23.7 Å². The number of aromatic nitrogens is 5. The van der Waals surface area contributed by atoms with Gasteiger partial charge >= 0.3 is 0 Å². The summed E-state index contributed by atoms with van der Waals surface area (Å²) in [5.74, 6) is 0.821. The third kappa shape index (κ3) is 3.69. The highest BCUT2D eigenvalue weighted by molar-refractivity contribution is 6.30. The first-order valence-corrected chi connectivity index (χ1v) is 7.81. The van der Waals surface area contributed by atoms with E-state index in [1.165, 1.54) is 0 Å². The number of hydrogen-bond donors (Lipinski definition) is 1. The number of benzene rings is 1. The summed E-state index contributed by atoms with van der Waals surface area (Å²) in [4.78, 5) is 13.0. The lowest BCUT2D eigenvalue weighted by Gasteiger charge is -2.10. The van der Waals surface area contributed by atoms with Crippen LogP contribution in [0.5, 0.6) is 5.88 Å². The van der Waals surface area contributed by atoms with Crippen molar-refractivity contribution in [3.63, 3.8) is 0 Å². The predicted molar refractivity (Wildman–Crippen MR) is 88.7 cm³/mol. The average molecular weight is 346 g/mol. The normalized spacial score (nSPS) is 10.8. The topological polar surface area (TPSA) is 86.0 Å². The van der Waals surface area contributed by atoms with Crippen molar-refractivity contribution in [1.29, 1.82) is 0 Å². The van der Waals surface area contributed by atoms with Crippen LogP contribution in [0.25, 0.3) is 11.3 Å². The molecule has 3 rings (SSSR count). The molecule has 3 aromatic rings. The predicted octanol–water partition coefficient (Wildman–Crippen LogP) is 2.33. The van der Waals surface area contributed by atoms with Crippen LogP contribution >= 0.6 is 11.6 Å². The average Bonchev–Trinajstić information content (AvgIpc) is 3.04. The molecular weight excluding hydrogens is 330 g/mol. The summed E-state index contributed by atoms with van der Waals surface area (Å²) in [6.45, 7) is 2.57. The molecule has 0 fully saturated rings. The third-order valence-corrected chi connectivity index (χ3v) is 3.45. The molecule has 0 bridgehead atoms. The standard InChI is InChI=1S/C16H16ClN5O2/c1-2-24-16-15(11-4-3-5-12(17)6-11)20-13(7-18-16)8-22-10-19-14(9-23)21-22/h3-7,10,23H,2,8-9H2,1H3. The highest BCUT2D eigenvalue weighted by atomic mass is 35.5. The van der Waals surface area contributed by atoms with E-state index in [0.29, 0.717) is 41.3 Å². The van der Waals surface area contributed by atoms with Crippen molar-refractivity contribution >= 4 is 11.6 Å². The zero-order chi connectivity index (χ0) is 16.9. The number of rotatable bonds is 6. The Kier molecular flexibility index (Phi) is 5.02. The molecule has 8 heteroatoms. The zero-order valence-electron chi connectivity index (χ0n) is 13.1. The SMILES string of the molecule is CCOc1ncc(Cn2cnc(CO)n2)nc1-c1cccc(Cl)c1. The monoisotopic (exact) mass is 345 g/mol. The van der Waals surface area contributed by atoms with Crippen molar-refractivity contribution in [2.45, 2.75) is 20.1 Å². The molecule has 0 saturated carbocycles. The molecule has 24 heavy (non-hydrogen) atoms. The Morgan fingerprint density at radius 1 is 1.29 bits per heavy atom. The molecule has 1 aromatic carbocycles. The molecule has 7 nitrogen and oxygen atoms in total. The van der Waals surface area contributed by atoms with E-state index >= 15 is 0 Å². The smallest absolute Gasteiger partial charge is 0.240 e. The molecule has 2 heterocycles.